The average Bonchev–Trinajstić information content (AvgIpc) is 2.85. The molecule has 1 aromatic heterocycles. The Morgan fingerprint density at radius 1 is 1.71 bits per heavy atom. The van der Waals surface area contributed by atoms with Crippen molar-refractivity contribution in [3.8, 4) is 0 Å². The summed E-state index contributed by atoms with van der Waals surface area (Å²) in [6.07, 6.45) is 2.28. The SMILES string of the molecule is CCCc1cn([C@H]2C[C@H](N=[N+]=[N-])[C@@H](CO)O2)c(=O)nc1N. The van der Waals surface area contributed by atoms with E-state index in [1.165, 1.54) is 4.57 Å². The first-order valence-electron chi connectivity index (χ1n) is 6.78. The van der Waals surface area contributed by atoms with Crippen molar-refractivity contribution in [2.24, 2.45) is 5.11 Å². The van der Waals surface area contributed by atoms with E-state index < -0.39 is 24.1 Å². The Morgan fingerprint density at radius 3 is 3.10 bits per heavy atom. The van der Waals surface area contributed by atoms with E-state index in [1.807, 2.05) is 6.92 Å². The van der Waals surface area contributed by atoms with Crippen LogP contribution in [0.3, 0.4) is 0 Å². The number of rotatable bonds is 5. The van der Waals surface area contributed by atoms with Gasteiger partial charge in [0.05, 0.1) is 18.8 Å². The first kappa shape index (κ1) is 15.3. The zero-order valence-electron chi connectivity index (χ0n) is 11.7. The number of nitrogen functional groups attached to an aromatic ring is 1. The van der Waals surface area contributed by atoms with E-state index >= 15 is 0 Å². The summed E-state index contributed by atoms with van der Waals surface area (Å²) >= 11 is 0. The molecule has 0 aliphatic carbocycles. The van der Waals surface area contributed by atoms with Crippen LogP contribution < -0.4 is 11.4 Å². The van der Waals surface area contributed by atoms with Crippen LogP contribution in [0, 0.1) is 0 Å². The molecule has 3 atom stereocenters. The quantitative estimate of drug-likeness (QED) is 0.468. The van der Waals surface area contributed by atoms with E-state index in [1.54, 1.807) is 6.20 Å². The lowest BCUT2D eigenvalue weighted by Crippen LogP contribution is -2.29. The van der Waals surface area contributed by atoms with Gasteiger partial charge in [-0.05, 0) is 12.0 Å². The van der Waals surface area contributed by atoms with Gasteiger partial charge < -0.3 is 15.6 Å². The predicted molar refractivity (Wildman–Crippen MR) is 75.5 cm³/mol. The molecule has 2 rings (SSSR count). The van der Waals surface area contributed by atoms with Crippen LogP contribution in [-0.4, -0.2) is 33.4 Å². The summed E-state index contributed by atoms with van der Waals surface area (Å²) in [6.45, 7) is 1.72. The molecule has 3 N–H and O–H groups in total. The summed E-state index contributed by atoms with van der Waals surface area (Å²) in [4.78, 5) is 18.5. The first-order valence-corrected chi connectivity index (χ1v) is 6.78. The molecule has 9 heteroatoms. The van der Waals surface area contributed by atoms with Crippen molar-refractivity contribution < 1.29 is 9.84 Å². The third kappa shape index (κ3) is 3.15. The molecule has 0 radical (unpaired) electrons. The third-order valence-corrected chi connectivity index (χ3v) is 3.47. The van der Waals surface area contributed by atoms with E-state index in [4.69, 9.17) is 16.0 Å². The predicted octanol–water partition coefficient (Wildman–Crippen LogP) is 0.737. The number of aromatic nitrogens is 2. The van der Waals surface area contributed by atoms with Crippen LogP contribution in [0.5, 0.6) is 0 Å². The van der Waals surface area contributed by atoms with E-state index in [0.717, 1.165) is 12.0 Å². The van der Waals surface area contributed by atoms with Crippen molar-refractivity contribution in [1.29, 1.82) is 0 Å². The summed E-state index contributed by atoms with van der Waals surface area (Å²) in [7, 11) is 0. The van der Waals surface area contributed by atoms with Gasteiger partial charge in [-0.1, -0.05) is 18.5 Å². The van der Waals surface area contributed by atoms with E-state index in [-0.39, 0.29) is 12.4 Å². The largest absolute Gasteiger partial charge is 0.394 e. The van der Waals surface area contributed by atoms with Crippen molar-refractivity contribution in [2.75, 3.05) is 12.3 Å². The normalized spacial score (nSPS) is 24.8. The molecular weight excluding hydrogens is 276 g/mol. The fourth-order valence-electron chi connectivity index (χ4n) is 2.43. The number of aliphatic hydroxyl groups is 1. The van der Waals surface area contributed by atoms with E-state index in [0.29, 0.717) is 12.8 Å². The summed E-state index contributed by atoms with van der Waals surface area (Å²) in [6, 6.07) is -0.510. The third-order valence-electron chi connectivity index (χ3n) is 3.47. The van der Waals surface area contributed by atoms with Crippen LogP contribution >= 0.6 is 0 Å². The smallest absolute Gasteiger partial charge is 0.351 e. The fraction of sp³-hybridized carbons (Fsp3) is 0.667. The molecule has 0 unspecified atom stereocenters. The Labute approximate surface area is 121 Å². The van der Waals surface area contributed by atoms with Gasteiger partial charge in [0, 0.05) is 23.1 Å². The van der Waals surface area contributed by atoms with Gasteiger partial charge in [0.1, 0.15) is 12.0 Å². The molecule has 0 bridgehead atoms. The lowest BCUT2D eigenvalue weighted by atomic mass is 10.1. The highest BCUT2D eigenvalue weighted by molar-refractivity contribution is 5.36. The van der Waals surface area contributed by atoms with Crippen LogP contribution in [-0.2, 0) is 11.2 Å². The number of anilines is 1. The zero-order chi connectivity index (χ0) is 15.4. The monoisotopic (exact) mass is 294 g/mol. The summed E-state index contributed by atoms with van der Waals surface area (Å²) < 4.78 is 6.93. The van der Waals surface area contributed by atoms with Crippen molar-refractivity contribution >= 4 is 5.82 Å². The van der Waals surface area contributed by atoms with Gasteiger partial charge >= 0.3 is 5.69 Å². The molecule has 0 spiro atoms. The topological polar surface area (TPSA) is 139 Å². The number of hydrogen-bond acceptors (Lipinski definition) is 6. The molecule has 21 heavy (non-hydrogen) atoms. The Bertz CT molecular complexity index is 610. The van der Waals surface area contributed by atoms with Crippen LogP contribution in [0.4, 0.5) is 5.82 Å². The molecular formula is C12H18N6O3. The molecule has 2 heterocycles. The van der Waals surface area contributed by atoms with Gasteiger partial charge in [-0.2, -0.15) is 4.98 Å². The molecule has 0 amide bonds. The van der Waals surface area contributed by atoms with Crippen LogP contribution in [0.25, 0.3) is 10.4 Å². The molecule has 0 aromatic carbocycles. The number of aryl methyl sites for hydroxylation is 1. The average molecular weight is 294 g/mol. The van der Waals surface area contributed by atoms with Gasteiger partial charge in [0.25, 0.3) is 0 Å². The number of azide groups is 1. The standard InChI is InChI=1S/C12H18N6O3/c1-2-3-7-5-18(12(20)15-11(7)13)10-4-8(16-17-14)9(6-19)21-10/h5,8-10,19H,2-4,6H2,1H3,(H2,13,15,20)/t8-,9+,10+/m0/s1. The number of nitrogens with zero attached hydrogens (tertiary/aromatic N) is 5. The highest BCUT2D eigenvalue weighted by atomic mass is 16.5. The second-order valence-electron chi connectivity index (χ2n) is 4.91. The minimum atomic E-state index is -0.620. The number of aliphatic hydroxyl groups excluding tert-OH is 1. The molecule has 1 aromatic rings. The van der Waals surface area contributed by atoms with Crippen molar-refractivity contribution in [1.82, 2.24) is 9.55 Å². The van der Waals surface area contributed by atoms with Crippen LogP contribution in [0.1, 0.15) is 31.6 Å². The summed E-state index contributed by atoms with van der Waals surface area (Å²) in [5.41, 5.74) is 14.5. The van der Waals surface area contributed by atoms with E-state index in [2.05, 4.69) is 15.0 Å². The molecule has 1 aliphatic heterocycles. The first-order chi connectivity index (χ1) is 10.1. The van der Waals surface area contributed by atoms with E-state index in [9.17, 15) is 9.90 Å². The summed E-state index contributed by atoms with van der Waals surface area (Å²) in [5.74, 6) is 0.224. The highest BCUT2D eigenvalue weighted by Gasteiger charge is 2.35. The summed E-state index contributed by atoms with van der Waals surface area (Å²) in [5, 5.41) is 12.8. The Balaban J connectivity index is 2.32. The van der Waals surface area contributed by atoms with Crippen molar-refractivity contribution in [3.05, 3.63) is 32.7 Å². The second-order valence-corrected chi connectivity index (χ2v) is 4.91. The molecule has 1 aliphatic rings. The van der Waals surface area contributed by atoms with Crippen molar-refractivity contribution in [2.45, 2.75) is 44.6 Å². The minimum Gasteiger partial charge on any atom is -0.394 e. The Kier molecular flexibility index (Phi) is 4.79. The zero-order valence-corrected chi connectivity index (χ0v) is 11.7. The maximum atomic E-state index is 12.0. The maximum absolute atomic E-state index is 12.0. The van der Waals surface area contributed by atoms with Gasteiger partial charge in [0.2, 0.25) is 0 Å². The fourth-order valence-corrected chi connectivity index (χ4v) is 2.43. The van der Waals surface area contributed by atoms with Crippen molar-refractivity contribution in [3.63, 3.8) is 0 Å². The second kappa shape index (κ2) is 6.57. The molecule has 0 saturated carbocycles. The number of ether oxygens (including phenoxy) is 1. The van der Waals surface area contributed by atoms with Gasteiger partial charge in [-0.15, -0.1) is 0 Å². The lowest BCUT2D eigenvalue weighted by molar-refractivity contribution is -0.0270. The Morgan fingerprint density at radius 2 is 2.48 bits per heavy atom. The van der Waals surface area contributed by atoms with Gasteiger partial charge in [-0.25, -0.2) is 4.79 Å². The molecule has 1 fully saturated rings. The maximum Gasteiger partial charge on any atom is 0.351 e. The molecule has 9 nitrogen and oxygen atoms in total. The Hall–Kier alpha value is -2.09. The molecule has 114 valence electrons. The number of nitrogens with two attached hydrogens (primary N) is 1. The van der Waals surface area contributed by atoms with Gasteiger partial charge in [-0.3, -0.25) is 4.57 Å². The van der Waals surface area contributed by atoms with Crippen LogP contribution in [0.15, 0.2) is 16.1 Å². The molecule has 1 saturated heterocycles. The lowest BCUT2D eigenvalue weighted by Gasteiger charge is -2.16. The number of hydrogen-bond donors (Lipinski definition) is 2. The highest BCUT2D eigenvalue weighted by Crippen LogP contribution is 2.30. The minimum absolute atomic E-state index is 0.224. The van der Waals surface area contributed by atoms with Crippen LogP contribution in [0.2, 0.25) is 0 Å². The van der Waals surface area contributed by atoms with Gasteiger partial charge in [0.15, 0.2) is 0 Å².